The second kappa shape index (κ2) is 4.66. The standard InChI is InChI=1S/C11H13F3Si/c1-15(2,8-10(12)11(13)14)9-6-4-3-5-7-9/h3-7H,8H2,1-2H3. The van der Waals surface area contributed by atoms with E-state index in [1.54, 1.807) is 0 Å². The highest BCUT2D eigenvalue weighted by atomic mass is 28.3. The molecule has 1 aromatic carbocycles. The summed E-state index contributed by atoms with van der Waals surface area (Å²) in [6, 6.07) is 9.15. The van der Waals surface area contributed by atoms with Crippen molar-refractivity contribution >= 4 is 13.3 Å². The van der Waals surface area contributed by atoms with Crippen molar-refractivity contribution < 1.29 is 13.2 Å². The van der Waals surface area contributed by atoms with Gasteiger partial charge < -0.3 is 0 Å². The largest absolute Gasteiger partial charge is 0.301 e. The predicted octanol–water partition coefficient (Wildman–Crippen LogP) is 3.68. The van der Waals surface area contributed by atoms with Crippen LogP contribution in [0.1, 0.15) is 0 Å². The molecule has 15 heavy (non-hydrogen) atoms. The SMILES string of the molecule is C[Si](C)(CC(F)=C(F)F)c1ccccc1. The summed E-state index contributed by atoms with van der Waals surface area (Å²) in [6.07, 6.45) is -2.19. The van der Waals surface area contributed by atoms with E-state index in [0.29, 0.717) is 0 Å². The predicted molar refractivity (Wildman–Crippen MR) is 58.7 cm³/mol. The average Bonchev–Trinajstić information content (AvgIpc) is 2.18. The zero-order chi connectivity index (χ0) is 11.5. The Labute approximate surface area is 88.4 Å². The van der Waals surface area contributed by atoms with E-state index in [-0.39, 0.29) is 6.04 Å². The van der Waals surface area contributed by atoms with Crippen LogP contribution in [0.3, 0.4) is 0 Å². The van der Waals surface area contributed by atoms with Gasteiger partial charge in [0, 0.05) is 6.04 Å². The van der Waals surface area contributed by atoms with E-state index in [2.05, 4.69) is 0 Å². The molecule has 0 radical (unpaired) electrons. The molecule has 0 saturated heterocycles. The number of rotatable bonds is 3. The number of allylic oxidation sites excluding steroid dienone is 1. The molecule has 0 heterocycles. The number of halogens is 3. The zero-order valence-corrected chi connectivity index (χ0v) is 9.73. The minimum Gasteiger partial charge on any atom is -0.206 e. The van der Waals surface area contributed by atoms with Gasteiger partial charge in [0.1, 0.15) is 0 Å². The van der Waals surface area contributed by atoms with Gasteiger partial charge in [-0.3, -0.25) is 0 Å². The second-order valence-corrected chi connectivity index (χ2v) is 8.79. The van der Waals surface area contributed by atoms with Crippen molar-refractivity contribution in [3.63, 3.8) is 0 Å². The Balaban J connectivity index is 2.90. The zero-order valence-electron chi connectivity index (χ0n) is 8.73. The third-order valence-corrected chi connectivity index (χ3v) is 5.45. The molecule has 4 heteroatoms. The molecule has 1 rings (SSSR count). The maximum Gasteiger partial charge on any atom is 0.301 e. The minimum atomic E-state index is -2.19. The fourth-order valence-corrected chi connectivity index (χ4v) is 3.65. The molecular formula is C11H13F3Si. The Morgan fingerprint density at radius 1 is 1.07 bits per heavy atom. The molecule has 1 aromatic rings. The molecule has 0 atom stereocenters. The summed E-state index contributed by atoms with van der Waals surface area (Å²) in [5.74, 6) is -1.27. The van der Waals surface area contributed by atoms with E-state index in [4.69, 9.17) is 0 Å². The van der Waals surface area contributed by atoms with Crippen LogP contribution in [-0.2, 0) is 0 Å². The fraction of sp³-hybridized carbons (Fsp3) is 0.273. The van der Waals surface area contributed by atoms with Gasteiger partial charge in [-0.05, 0) is 0 Å². The van der Waals surface area contributed by atoms with Gasteiger partial charge in [-0.2, -0.15) is 8.78 Å². The first-order valence-corrected chi connectivity index (χ1v) is 7.89. The van der Waals surface area contributed by atoms with Gasteiger partial charge in [0.2, 0.25) is 0 Å². The molecule has 0 aliphatic carbocycles. The molecule has 0 aliphatic rings. The smallest absolute Gasteiger partial charge is 0.206 e. The maximum absolute atomic E-state index is 12.9. The highest BCUT2D eigenvalue weighted by molar-refractivity contribution is 6.90. The molecule has 0 amide bonds. The van der Waals surface area contributed by atoms with Gasteiger partial charge in [0.15, 0.2) is 5.83 Å². The summed E-state index contributed by atoms with van der Waals surface area (Å²) in [5, 5.41) is 0.987. The monoisotopic (exact) mass is 230 g/mol. The van der Waals surface area contributed by atoms with Crippen LogP contribution in [0.5, 0.6) is 0 Å². The summed E-state index contributed by atoms with van der Waals surface area (Å²) in [6.45, 7) is 3.76. The van der Waals surface area contributed by atoms with Gasteiger partial charge in [0.25, 0.3) is 0 Å². The van der Waals surface area contributed by atoms with Crippen LogP contribution >= 0.6 is 0 Å². The van der Waals surface area contributed by atoms with Crippen molar-refractivity contribution in [1.82, 2.24) is 0 Å². The lowest BCUT2D eigenvalue weighted by molar-refractivity contribution is 0.380. The Morgan fingerprint density at radius 2 is 1.60 bits per heavy atom. The summed E-state index contributed by atoms with van der Waals surface area (Å²) >= 11 is 0. The highest BCUT2D eigenvalue weighted by Crippen LogP contribution is 2.21. The van der Waals surface area contributed by atoms with Crippen molar-refractivity contribution in [3.8, 4) is 0 Å². The van der Waals surface area contributed by atoms with Crippen molar-refractivity contribution in [2.75, 3.05) is 0 Å². The second-order valence-electron chi connectivity index (χ2n) is 4.09. The molecule has 0 unspecified atom stereocenters. The van der Waals surface area contributed by atoms with E-state index in [1.807, 2.05) is 43.4 Å². The van der Waals surface area contributed by atoms with Crippen LogP contribution in [-0.4, -0.2) is 8.07 Å². The van der Waals surface area contributed by atoms with Crippen molar-refractivity contribution in [1.29, 1.82) is 0 Å². The first kappa shape index (κ1) is 12.0. The average molecular weight is 230 g/mol. The van der Waals surface area contributed by atoms with Gasteiger partial charge >= 0.3 is 6.08 Å². The van der Waals surface area contributed by atoms with E-state index >= 15 is 0 Å². The topological polar surface area (TPSA) is 0 Å². The van der Waals surface area contributed by atoms with Crippen molar-refractivity contribution in [2.24, 2.45) is 0 Å². The molecule has 0 nitrogen and oxygen atoms in total. The van der Waals surface area contributed by atoms with Crippen LogP contribution in [0, 0.1) is 0 Å². The molecule has 82 valence electrons. The molecule has 0 aliphatic heterocycles. The molecule has 0 bridgehead atoms. The van der Waals surface area contributed by atoms with Gasteiger partial charge in [-0.25, -0.2) is 4.39 Å². The lowest BCUT2D eigenvalue weighted by atomic mass is 10.4. The molecular weight excluding hydrogens is 217 g/mol. The minimum absolute atomic E-state index is 0.140. The molecule has 0 saturated carbocycles. The summed E-state index contributed by atoms with van der Waals surface area (Å²) < 4.78 is 36.9. The Bertz CT molecular complexity index is 353. The molecule has 0 N–H and O–H groups in total. The summed E-state index contributed by atoms with van der Waals surface area (Å²) in [4.78, 5) is 0. The van der Waals surface area contributed by atoms with E-state index < -0.39 is 20.0 Å². The van der Waals surface area contributed by atoms with Gasteiger partial charge in [-0.1, -0.05) is 48.6 Å². The summed E-state index contributed by atoms with van der Waals surface area (Å²) in [7, 11) is -2.12. The van der Waals surface area contributed by atoms with Crippen LogP contribution in [0.4, 0.5) is 13.2 Å². The number of benzene rings is 1. The van der Waals surface area contributed by atoms with Gasteiger partial charge in [0.05, 0.1) is 8.07 Å². The summed E-state index contributed by atoms with van der Waals surface area (Å²) in [5.41, 5.74) is 0. The first-order chi connectivity index (χ1) is 6.93. The van der Waals surface area contributed by atoms with Gasteiger partial charge in [-0.15, -0.1) is 0 Å². The Kier molecular flexibility index (Phi) is 3.74. The van der Waals surface area contributed by atoms with Crippen molar-refractivity contribution in [3.05, 3.63) is 42.2 Å². The number of hydrogen-bond acceptors (Lipinski definition) is 0. The Hall–Kier alpha value is -1.03. The third-order valence-electron chi connectivity index (χ3n) is 2.36. The maximum atomic E-state index is 12.9. The number of hydrogen-bond donors (Lipinski definition) is 0. The normalized spacial score (nSPS) is 11.3. The molecule has 0 spiro atoms. The van der Waals surface area contributed by atoms with Crippen LogP contribution < -0.4 is 5.19 Å². The lowest BCUT2D eigenvalue weighted by Crippen LogP contribution is -2.41. The third kappa shape index (κ3) is 3.23. The van der Waals surface area contributed by atoms with Crippen LogP contribution in [0.25, 0.3) is 0 Å². The molecule has 0 fully saturated rings. The quantitative estimate of drug-likeness (QED) is 0.695. The molecule has 0 aromatic heterocycles. The van der Waals surface area contributed by atoms with Crippen LogP contribution in [0.2, 0.25) is 19.1 Å². The van der Waals surface area contributed by atoms with E-state index in [0.717, 1.165) is 5.19 Å². The first-order valence-electron chi connectivity index (χ1n) is 4.68. The van der Waals surface area contributed by atoms with Crippen molar-refractivity contribution in [2.45, 2.75) is 19.1 Å². The highest BCUT2D eigenvalue weighted by Gasteiger charge is 2.26. The fourth-order valence-electron chi connectivity index (χ4n) is 1.45. The van der Waals surface area contributed by atoms with E-state index in [1.165, 1.54) is 0 Å². The Morgan fingerprint density at radius 3 is 2.07 bits per heavy atom. The van der Waals surface area contributed by atoms with Crippen LogP contribution in [0.15, 0.2) is 42.2 Å². The lowest BCUT2D eigenvalue weighted by Gasteiger charge is -2.21. The van der Waals surface area contributed by atoms with E-state index in [9.17, 15) is 13.2 Å².